The minimum absolute atomic E-state index is 0.189. The molecule has 0 saturated carbocycles. The molecule has 5 nitrogen and oxygen atoms in total. The molecule has 0 amide bonds. The van der Waals surface area contributed by atoms with E-state index < -0.39 is 0 Å². The van der Waals surface area contributed by atoms with E-state index in [9.17, 15) is 4.79 Å². The van der Waals surface area contributed by atoms with Crippen molar-refractivity contribution in [3.63, 3.8) is 0 Å². The summed E-state index contributed by atoms with van der Waals surface area (Å²) in [7, 11) is 0. The van der Waals surface area contributed by atoms with Gasteiger partial charge in [-0.1, -0.05) is 51.5 Å². The average Bonchev–Trinajstić information content (AvgIpc) is 3.08. The number of aromatic nitrogens is 4. The van der Waals surface area contributed by atoms with E-state index in [1.807, 2.05) is 30.5 Å². The van der Waals surface area contributed by atoms with Gasteiger partial charge in [-0.05, 0) is 49.2 Å². The largest absolute Gasteiger partial charge is 0.300 e. The second-order valence-electron chi connectivity index (χ2n) is 6.34. The molecule has 136 valence electrons. The standard InChI is InChI=1S/C20H17BrN4OS/c1-13-3-4-14(2)15(11-13)12-27-20-23-22-18-19(26)24(9-10-25(18)20)17-7-5-16(21)6-8-17/h3-11H,12H2,1-2H3. The van der Waals surface area contributed by atoms with Crippen LogP contribution in [0, 0.1) is 13.8 Å². The van der Waals surface area contributed by atoms with Gasteiger partial charge >= 0.3 is 5.56 Å². The van der Waals surface area contributed by atoms with Crippen molar-refractivity contribution in [2.24, 2.45) is 0 Å². The molecule has 0 bridgehead atoms. The normalized spacial score (nSPS) is 11.2. The van der Waals surface area contributed by atoms with E-state index in [-0.39, 0.29) is 5.56 Å². The summed E-state index contributed by atoms with van der Waals surface area (Å²) < 4.78 is 4.30. The molecular weight excluding hydrogens is 424 g/mol. The van der Waals surface area contributed by atoms with Crippen LogP contribution in [0.1, 0.15) is 16.7 Å². The van der Waals surface area contributed by atoms with Crippen molar-refractivity contribution in [2.45, 2.75) is 24.8 Å². The third-order valence-electron chi connectivity index (χ3n) is 4.41. The Kier molecular flexibility index (Phi) is 4.88. The molecule has 2 aromatic heterocycles. The Balaban J connectivity index is 1.66. The van der Waals surface area contributed by atoms with Gasteiger partial charge in [0, 0.05) is 28.3 Å². The molecule has 0 aliphatic rings. The molecule has 27 heavy (non-hydrogen) atoms. The molecule has 2 heterocycles. The lowest BCUT2D eigenvalue weighted by Crippen LogP contribution is -2.20. The maximum Gasteiger partial charge on any atom is 0.300 e. The highest BCUT2D eigenvalue weighted by Crippen LogP contribution is 2.24. The van der Waals surface area contributed by atoms with Crippen LogP contribution in [0.5, 0.6) is 0 Å². The van der Waals surface area contributed by atoms with E-state index in [0.29, 0.717) is 10.8 Å². The van der Waals surface area contributed by atoms with Crippen LogP contribution < -0.4 is 5.56 Å². The second-order valence-corrected chi connectivity index (χ2v) is 8.20. The maximum absolute atomic E-state index is 12.8. The van der Waals surface area contributed by atoms with Gasteiger partial charge in [-0.15, -0.1) is 10.2 Å². The zero-order valence-corrected chi connectivity index (χ0v) is 17.3. The van der Waals surface area contributed by atoms with Crippen LogP contribution in [0.4, 0.5) is 0 Å². The van der Waals surface area contributed by atoms with Crippen LogP contribution in [-0.2, 0) is 5.75 Å². The van der Waals surface area contributed by atoms with Gasteiger partial charge in [-0.2, -0.15) is 0 Å². The lowest BCUT2D eigenvalue weighted by atomic mass is 10.1. The SMILES string of the molecule is Cc1ccc(C)c(CSc2nnc3c(=O)n(-c4ccc(Br)cc4)ccn23)c1. The molecule has 4 aromatic rings. The Morgan fingerprint density at radius 3 is 2.59 bits per heavy atom. The Bertz CT molecular complexity index is 1180. The van der Waals surface area contributed by atoms with Crippen LogP contribution in [0.25, 0.3) is 11.3 Å². The minimum atomic E-state index is -0.189. The van der Waals surface area contributed by atoms with Gasteiger partial charge < -0.3 is 0 Å². The predicted molar refractivity (Wildman–Crippen MR) is 112 cm³/mol. The number of rotatable bonds is 4. The molecule has 0 spiro atoms. The first kappa shape index (κ1) is 18.0. The lowest BCUT2D eigenvalue weighted by molar-refractivity contribution is 0.893. The topological polar surface area (TPSA) is 52.2 Å². The molecule has 7 heteroatoms. The van der Waals surface area contributed by atoms with Crippen molar-refractivity contribution < 1.29 is 0 Å². The molecule has 4 rings (SSSR count). The Hall–Kier alpha value is -2.38. The molecular formula is C20H17BrN4OS. The number of halogens is 1. The third kappa shape index (κ3) is 3.57. The van der Waals surface area contributed by atoms with Crippen molar-refractivity contribution in [2.75, 3.05) is 0 Å². The monoisotopic (exact) mass is 440 g/mol. The summed E-state index contributed by atoms with van der Waals surface area (Å²) in [5.41, 5.74) is 4.67. The smallest absolute Gasteiger partial charge is 0.280 e. The van der Waals surface area contributed by atoms with E-state index in [0.717, 1.165) is 15.9 Å². The van der Waals surface area contributed by atoms with Gasteiger partial charge in [0.1, 0.15) is 0 Å². The summed E-state index contributed by atoms with van der Waals surface area (Å²) in [5.74, 6) is 0.782. The fourth-order valence-corrected chi connectivity index (χ4v) is 4.11. The van der Waals surface area contributed by atoms with Crippen LogP contribution >= 0.6 is 27.7 Å². The number of benzene rings is 2. The average molecular weight is 441 g/mol. The van der Waals surface area contributed by atoms with E-state index in [1.54, 1.807) is 26.9 Å². The molecule has 0 radical (unpaired) electrons. The predicted octanol–water partition coefficient (Wildman–Crippen LogP) is 4.55. The van der Waals surface area contributed by atoms with Crippen LogP contribution in [-0.4, -0.2) is 19.2 Å². The van der Waals surface area contributed by atoms with Gasteiger partial charge in [-0.25, -0.2) is 0 Å². The van der Waals surface area contributed by atoms with Crippen molar-refractivity contribution in [1.29, 1.82) is 0 Å². The van der Waals surface area contributed by atoms with E-state index in [2.05, 4.69) is 58.2 Å². The summed E-state index contributed by atoms with van der Waals surface area (Å²) in [6.45, 7) is 4.19. The van der Waals surface area contributed by atoms with E-state index in [1.165, 1.54) is 16.7 Å². The lowest BCUT2D eigenvalue weighted by Gasteiger charge is -2.07. The summed E-state index contributed by atoms with van der Waals surface area (Å²) >= 11 is 4.99. The maximum atomic E-state index is 12.8. The van der Waals surface area contributed by atoms with Crippen molar-refractivity contribution in [3.8, 4) is 5.69 Å². The van der Waals surface area contributed by atoms with Gasteiger partial charge in [0.2, 0.25) is 5.65 Å². The van der Waals surface area contributed by atoms with Gasteiger partial charge in [0.25, 0.3) is 0 Å². The molecule has 0 fully saturated rings. The van der Waals surface area contributed by atoms with Gasteiger partial charge in [0.15, 0.2) is 5.16 Å². The van der Waals surface area contributed by atoms with Gasteiger partial charge in [0.05, 0.1) is 0 Å². The van der Waals surface area contributed by atoms with Crippen molar-refractivity contribution >= 4 is 33.3 Å². The number of fused-ring (bicyclic) bond motifs is 1. The fraction of sp³-hybridized carbons (Fsp3) is 0.150. The van der Waals surface area contributed by atoms with Crippen LogP contribution in [0.15, 0.2) is 69.3 Å². The first-order chi connectivity index (χ1) is 13.0. The molecule has 0 atom stereocenters. The van der Waals surface area contributed by atoms with Crippen LogP contribution in [0.2, 0.25) is 0 Å². The Morgan fingerprint density at radius 1 is 1.04 bits per heavy atom. The number of thioether (sulfide) groups is 1. The van der Waals surface area contributed by atoms with Gasteiger partial charge in [-0.3, -0.25) is 13.8 Å². The van der Waals surface area contributed by atoms with E-state index >= 15 is 0 Å². The Labute approximate surface area is 169 Å². The quantitative estimate of drug-likeness (QED) is 0.436. The molecule has 2 aromatic carbocycles. The number of hydrogen-bond donors (Lipinski definition) is 0. The number of hydrogen-bond acceptors (Lipinski definition) is 4. The summed E-state index contributed by atoms with van der Waals surface area (Å²) in [4.78, 5) is 12.8. The fourth-order valence-electron chi connectivity index (χ4n) is 2.87. The van der Waals surface area contributed by atoms with Crippen LogP contribution in [0.3, 0.4) is 0 Å². The highest BCUT2D eigenvalue weighted by atomic mass is 79.9. The molecule has 0 aliphatic heterocycles. The Morgan fingerprint density at radius 2 is 1.81 bits per heavy atom. The highest BCUT2D eigenvalue weighted by Gasteiger charge is 2.12. The van der Waals surface area contributed by atoms with Crippen molar-refractivity contribution in [3.05, 3.63) is 86.4 Å². The molecule has 0 aliphatic carbocycles. The zero-order chi connectivity index (χ0) is 19.0. The highest BCUT2D eigenvalue weighted by molar-refractivity contribution is 9.10. The number of aryl methyl sites for hydroxylation is 2. The van der Waals surface area contributed by atoms with Crippen molar-refractivity contribution in [1.82, 2.24) is 19.2 Å². The molecule has 0 N–H and O–H groups in total. The molecule has 0 saturated heterocycles. The zero-order valence-electron chi connectivity index (χ0n) is 14.9. The first-order valence-corrected chi connectivity index (χ1v) is 10.2. The minimum Gasteiger partial charge on any atom is -0.280 e. The number of nitrogens with zero attached hydrogens (tertiary/aromatic N) is 4. The summed E-state index contributed by atoms with van der Waals surface area (Å²) in [6, 6.07) is 14.0. The summed E-state index contributed by atoms with van der Waals surface area (Å²) in [5, 5.41) is 9.06. The third-order valence-corrected chi connectivity index (χ3v) is 5.93. The van der Waals surface area contributed by atoms with E-state index in [4.69, 9.17) is 0 Å². The second kappa shape index (κ2) is 7.32. The summed E-state index contributed by atoms with van der Waals surface area (Å²) in [6.07, 6.45) is 3.59. The first-order valence-electron chi connectivity index (χ1n) is 8.44. The molecule has 0 unspecified atom stereocenters.